The van der Waals surface area contributed by atoms with Gasteiger partial charge < -0.3 is 14.8 Å². The summed E-state index contributed by atoms with van der Waals surface area (Å²) in [6, 6.07) is 13.6. The summed E-state index contributed by atoms with van der Waals surface area (Å²) in [5.41, 5.74) is 4.41. The number of methoxy groups -OCH3 is 2. The minimum Gasteiger partial charge on any atom is -0.497 e. The van der Waals surface area contributed by atoms with Gasteiger partial charge in [-0.25, -0.2) is 4.68 Å². The molecule has 146 valence electrons. The van der Waals surface area contributed by atoms with Crippen LogP contribution in [-0.4, -0.2) is 29.9 Å². The first-order valence-electron chi connectivity index (χ1n) is 9.20. The lowest BCUT2D eigenvalue weighted by atomic mass is 10.1. The Morgan fingerprint density at radius 2 is 1.86 bits per heavy atom. The standard InChI is InChI=1S/C22H25N3O3/c1-5-20-19(14-24-25(20)17-8-6-15(2)7-9-17)22(26)23-13-16-12-18(27-3)10-11-21(16)28-4/h6-12,14H,5,13H2,1-4H3,(H,23,26). The fraction of sp³-hybridized carbons (Fsp3) is 0.273. The lowest BCUT2D eigenvalue weighted by Crippen LogP contribution is -2.24. The molecule has 0 atom stereocenters. The van der Waals surface area contributed by atoms with E-state index in [0.717, 1.165) is 16.9 Å². The quantitative estimate of drug-likeness (QED) is 0.680. The zero-order chi connectivity index (χ0) is 20.1. The van der Waals surface area contributed by atoms with E-state index in [1.165, 1.54) is 5.56 Å². The lowest BCUT2D eigenvalue weighted by molar-refractivity contribution is 0.0949. The number of hydrogen-bond acceptors (Lipinski definition) is 4. The van der Waals surface area contributed by atoms with Crippen LogP contribution in [0.25, 0.3) is 5.69 Å². The summed E-state index contributed by atoms with van der Waals surface area (Å²) in [6.07, 6.45) is 2.32. The second kappa shape index (κ2) is 8.61. The van der Waals surface area contributed by atoms with Gasteiger partial charge >= 0.3 is 0 Å². The van der Waals surface area contributed by atoms with Crippen LogP contribution >= 0.6 is 0 Å². The molecule has 0 aliphatic carbocycles. The van der Waals surface area contributed by atoms with Crippen molar-refractivity contribution in [3.05, 3.63) is 71.0 Å². The molecule has 2 aromatic carbocycles. The van der Waals surface area contributed by atoms with Crippen LogP contribution in [0.2, 0.25) is 0 Å². The topological polar surface area (TPSA) is 65.4 Å². The molecule has 1 heterocycles. The molecule has 1 aromatic heterocycles. The SMILES string of the molecule is CCc1c(C(=O)NCc2cc(OC)ccc2OC)cnn1-c1ccc(C)cc1. The Hall–Kier alpha value is -3.28. The first kappa shape index (κ1) is 19.5. The summed E-state index contributed by atoms with van der Waals surface area (Å²) >= 11 is 0. The predicted octanol–water partition coefficient (Wildman–Crippen LogP) is 3.69. The summed E-state index contributed by atoms with van der Waals surface area (Å²) in [5, 5.41) is 7.40. The fourth-order valence-corrected chi connectivity index (χ4v) is 3.10. The molecule has 0 aliphatic heterocycles. The molecule has 28 heavy (non-hydrogen) atoms. The molecular formula is C22H25N3O3. The van der Waals surface area contributed by atoms with Crippen LogP contribution in [0.1, 0.15) is 34.1 Å². The summed E-state index contributed by atoms with van der Waals surface area (Å²) in [6.45, 7) is 4.39. The number of ether oxygens (including phenoxy) is 2. The molecule has 0 fully saturated rings. The van der Waals surface area contributed by atoms with Crippen molar-refractivity contribution in [3.63, 3.8) is 0 Å². The largest absolute Gasteiger partial charge is 0.497 e. The Morgan fingerprint density at radius 3 is 2.50 bits per heavy atom. The zero-order valence-corrected chi connectivity index (χ0v) is 16.7. The molecule has 6 nitrogen and oxygen atoms in total. The van der Waals surface area contributed by atoms with Gasteiger partial charge in [-0.05, 0) is 43.7 Å². The fourth-order valence-electron chi connectivity index (χ4n) is 3.10. The molecule has 0 saturated carbocycles. The normalized spacial score (nSPS) is 10.6. The van der Waals surface area contributed by atoms with Gasteiger partial charge in [0.15, 0.2) is 0 Å². The van der Waals surface area contributed by atoms with Gasteiger partial charge in [-0.1, -0.05) is 24.6 Å². The Labute approximate surface area is 165 Å². The third kappa shape index (κ3) is 4.01. The van der Waals surface area contributed by atoms with E-state index < -0.39 is 0 Å². The number of nitrogens with zero attached hydrogens (tertiary/aromatic N) is 2. The molecule has 3 aromatic rings. The third-order valence-corrected chi connectivity index (χ3v) is 4.65. The van der Waals surface area contributed by atoms with Crippen molar-refractivity contribution in [2.75, 3.05) is 14.2 Å². The molecule has 0 spiro atoms. The molecule has 0 bridgehead atoms. The maximum atomic E-state index is 12.8. The number of aromatic nitrogens is 2. The number of rotatable bonds is 7. The van der Waals surface area contributed by atoms with Crippen molar-refractivity contribution in [3.8, 4) is 17.2 Å². The number of hydrogen-bond donors (Lipinski definition) is 1. The van der Waals surface area contributed by atoms with Gasteiger partial charge in [-0.3, -0.25) is 4.79 Å². The van der Waals surface area contributed by atoms with Crippen LogP contribution in [0.15, 0.2) is 48.7 Å². The highest BCUT2D eigenvalue weighted by Crippen LogP contribution is 2.24. The van der Waals surface area contributed by atoms with Gasteiger partial charge in [0.05, 0.1) is 37.4 Å². The number of benzene rings is 2. The second-order valence-corrected chi connectivity index (χ2v) is 6.47. The number of carbonyl (C=O) groups is 1. The highest BCUT2D eigenvalue weighted by Gasteiger charge is 2.17. The van der Waals surface area contributed by atoms with E-state index in [0.29, 0.717) is 30.0 Å². The molecule has 1 amide bonds. The number of aryl methyl sites for hydroxylation is 1. The van der Waals surface area contributed by atoms with Gasteiger partial charge in [-0.15, -0.1) is 0 Å². The highest BCUT2D eigenvalue weighted by atomic mass is 16.5. The molecule has 0 aliphatic rings. The molecule has 6 heteroatoms. The Balaban J connectivity index is 1.81. The average molecular weight is 379 g/mol. The number of amides is 1. The molecule has 1 N–H and O–H groups in total. The van der Waals surface area contributed by atoms with Crippen molar-refractivity contribution in [1.29, 1.82) is 0 Å². The minimum atomic E-state index is -0.167. The van der Waals surface area contributed by atoms with Crippen molar-refractivity contribution >= 4 is 5.91 Å². The van der Waals surface area contributed by atoms with Crippen LogP contribution in [0, 0.1) is 6.92 Å². The van der Waals surface area contributed by atoms with Gasteiger partial charge in [-0.2, -0.15) is 5.10 Å². The highest BCUT2D eigenvalue weighted by molar-refractivity contribution is 5.95. The molecular weight excluding hydrogens is 354 g/mol. The Kier molecular flexibility index (Phi) is 5.99. The molecule has 0 saturated heterocycles. The molecule has 0 unspecified atom stereocenters. The van der Waals surface area contributed by atoms with Crippen molar-refractivity contribution in [2.24, 2.45) is 0 Å². The summed E-state index contributed by atoms with van der Waals surface area (Å²) in [7, 11) is 3.21. The molecule has 3 rings (SSSR count). The predicted molar refractivity (Wildman–Crippen MR) is 108 cm³/mol. The van der Waals surface area contributed by atoms with Crippen LogP contribution in [-0.2, 0) is 13.0 Å². The van der Waals surface area contributed by atoms with Crippen molar-refractivity contribution in [2.45, 2.75) is 26.8 Å². The van der Waals surface area contributed by atoms with Crippen LogP contribution in [0.3, 0.4) is 0 Å². The van der Waals surface area contributed by atoms with Crippen LogP contribution < -0.4 is 14.8 Å². The van der Waals surface area contributed by atoms with E-state index in [2.05, 4.69) is 10.4 Å². The summed E-state index contributed by atoms with van der Waals surface area (Å²) in [4.78, 5) is 12.8. The smallest absolute Gasteiger partial charge is 0.255 e. The first-order valence-corrected chi connectivity index (χ1v) is 9.20. The average Bonchev–Trinajstić information content (AvgIpc) is 3.16. The summed E-state index contributed by atoms with van der Waals surface area (Å²) < 4.78 is 12.5. The maximum Gasteiger partial charge on any atom is 0.255 e. The van der Waals surface area contributed by atoms with E-state index >= 15 is 0 Å². The van der Waals surface area contributed by atoms with Crippen molar-refractivity contribution < 1.29 is 14.3 Å². The van der Waals surface area contributed by atoms with E-state index in [-0.39, 0.29) is 5.91 Å². The summed E-state index contributed by atoms with van der Waals surface area (Å²) in [5.74, 6) is 1.25. The monoisotopic (exact) mass is 379 g/mol. The van der Waals surface area contributed by atoms with Gasteiger partial charge in [0, 0.05) is 12.1 Å². The third-order valence-electron chi connectivity index (χ3n) is 4.65. The Morgan fingerprint density at radius 1 is 1.11 bits per heavy atom. The van der Waals surface area contributed by atoms with Gasteiger partial charge in [0.1, 0.15) is 11.5 Å². The first-order chi connectivity index (χ1) is 13.6. The van der Waals surface area contributed by atoms with Crippen molar-refractivity contribution in [1.82, 2.24) is 15.1 Å². The number of carbonyl (C=O) groups excluding carboxylic acids is 1. The van der Waals surface area contributed by atoms with Crippen LogP contribution in [0.5, 0.6) is 11.5 Å². The van der Waals surface area contributed by atoms with E-state index in [9.17, 15) is 4.79 Å². The Bertz CT molecular complexity index is 962. The lowest BCUT2D eigenvalue weighted by Gasteiger charge is -2.12. The molecule has 0 radical (unpaired) electrons. The van der Waals surface area contributed by atoms with Gasteiger partial charge in [0.2, 0.25) is 0 Å². The number of nitrogens with one attached hydrogen (secondary N) is 1. The van der Waals surface area contributed by atoms with E-state index in [1.807, 2.05) is 61.0 Å². The van der Waals surface area contributed by atoms with Crippen LogP contribution in [0.4, 0.5) is 0 Å². The van der Waals surface area contributed by atoms with E-state index in [1.54, 1.807) is 20.4 Å². The minimum absolute atomic E-state index is 0.167. The van der Waals surface area contributed by atoms with Gasteiger partial charge in [0.25, 0.3) is 5.91 Å². The zero-order valence-electron chi connectivity index (χ0n) is 16.7. The van der Waals surface area contributed by atoms with E-state index in [4.69, 9.17) is 9.47 Å². The second-order valence-electron chi connectivity index (χ2n) is 6.47. The maximum absolute atomic E-state index is 12.8.